The van der Waals surface area contributed by atoms with E-state index in [2.05, 4.69) is 22.2 Å². The summed E-state index contributed by atoms with van der Waals surface area (Å²) in [6.07, 6.45) is 6.59. The van der Waals surface area contributed by atoms with E-state index in [4.69, 9.17) is 0 Å². The van der Waals surface area contributed by atoms with Crippen molar-refractivity contribution in [1.29, 1.82) is 0 Å². The smallest absolute Gasteiger partial charge is 0.246 e. The van der Waals surface area contributed by atoms with Gasteiger partial charge in [0.25, 0.3) is 0 Å². The van der Waals surface area contributed by atoms with E-state index in [0.717, 1.165) is 43.4 Å². The molecule has 4 nitrogen and oxygen atoms in total. The van der Waals surface area contributed by atoms with Crippen molar-refractivity contribution in [2.24, 2.45) is 0 Å². The summed E-state index contributed by atoms with van der Waals surface area (Å²) in [5, 5.41) is 0. The maximum atomic E-state index is 11.9. The van der Waals surface area contributed by atoms with Crippen LogP contribution in [0.5, 0.6) is 0 Å². The minimum Gasteiger partial charge on any atom is -0.337 e. The Morgan fingerprint density at radius 2 is 2.20 bits per heavy atom. The molecule has 4 heteroatoms. The number of nitrogens with zero attached hydrogens (tertiary/aromatic N) is 3. The second-order valence-electron chi connectivity index (χ2n) is 5.28. The average molecular weight is 269 g/mol. The minimum atomic E-state index is 0.0290. The molecule has 0 N–H and O–H groups in total. The van der Waals surface area contributed by atoms with Crippen molar-refractivity contribution >= 4 is 16.9 Å². The largest absolute Gasteiger partial charge is 0.337 e. The molecule has 104 valence electrons. The summed E-state index contributed by atoms with van der Waals surface area (Å²) in [6.45, 7) is 5.16. The molecule has 1 aromatic heterocycles. The van der Waals surface area contributed by atoms with Crippen LogP contribution in [-0.2, 0) is 4.79 Å². The average Bonchev–Trinajstić information content (AvgIpc) is 2.76. The first kappa shape index (κ1) is 12.9. The first-order valence-corrected chi connectivity index (χ1v) is 7.12. The maximum Gasteiger partial charge on any atom is 0.246 e. The molecule has 1 atom stereocenters. The van der Waals surface area contributed by atoms with Gasteiger partial charge in [0.15, 0.2) is 0 Å². The fraction of sp³-hybridized carbons (Fsp3) is 0.375. The number of aromatic nitrogens is 2. The van der Waals surface area contributed by atoms with Gasteiger partial charge in [-0.15, -0.1) is 0 Å². The fourth-order valence-electron chi connectivity index (χ4n) is 2.95. The Morgan fingerprint density at radius 3 is 3.05 bits per heavy atom. The predicted molar refractivity (Wildman–Crippen MR) is 79.4 cm³/mol. The number of carbonyl (C=O) groups excluding carboxylic acids is 1. The van der Waals surface area contributed by atoms with Crippen molar-refractivity contribution in [3.8, 4) is 0 Å². The van der Waals surface area contributed by atoms with E-state index in [-0.39, 0.29) is 5.91 Å². The van der Waals surface area contributed by atoms with Gasteiger partial charge in [-0.05, 0) is 37.5 Å². The number of carbonyl (C=O) groups is 1. The lowest BCUT2D eigenvalue weighted by atomic mass is 10.1. The molecule has 1 aliphatic rings. The standard InChI is InChI=1S/C16H19N3O/c1-2-16(20)18-10-6-5-7-13(11-18)19-12-17-14-8-3-4-9-15(14)19/h2-4,8-9,12-13H,1,5-7,10-11H2/t13-/m1/s1. The Morgan fingerprint density at radius 1 is 1.35 bits per heavy atom. The van der Waals surface area contributed by atoms with Crippen LogP contribution in [0.2, 0.25) is 0 Å². The summed E-state index contributed by atoms with van der Waals surface area (Å²) in [5.41, 5.74) is 2.16. The van der Waals surface area contributed by atoms with Gasteiger partial charge in [0, 0.05) is 13.1 Å². The maximum absolute atomic E-state index is 11.9. The number of benzene rings is 1. The molecule has 2 aromatic rings. The summed E-state index contributed by atoms with van der Waals surface area (Å²) in [5.74, 6) is 0.0290. The first-order chi connectivity index (χ1) is 9.79. The van der Waals surface area contributed by atoms with Crippen LogP contribution in [0.15, 0.2) is 43.2 Å². The molecule has 1 fully saturated rings. The molecule has 0 bridgehead atoms. The van der Waals surface area contributed by atoms with Crippen LogP contribution in [0.25, 0.3) is 11.0 Å². The van der Waals surface area contributed by atoms with Crippen molar-refractivity contribution in [3.05, 3.63) is 43.2 Å². The highest BCUT2D eigenvalue weighted by Gasteiger charge is 2.22. The number of imidazole rings is 1. The van der Waals surface area contributed by atoms with Crippen LogP contribution in [0.3, 0.4) is 0 Å². The van der Waals surface area contributed by atoms with Gasteiger partial charge in [0.05, 0.1) is 23.4 Å². The number of rotatable bonds is 2. The predicted octanol–water partition coefficient (Wildman–Crippen LogP) is 2.78. The van der Waals surface area contributed by atoms with Gasteiger partial charge >= 0.3 is 0 Å². The summed E-state index contributed by atoms with van der Waals surface area (Å²) in [4.78, 5) is 18.2. The van der Waals surface area contributed by atoms with Crippen LogP contribution >= 0.6 is 0 Å². The lowest BCUT2D eigenvalue weighted by Crippen LogP contribution is -2.34. The topological polar surface area (TPSA) is 38.1 Å². The fourth-order valence-corrected chi connectivity index (χ4v) is 2.95. The third kappa shape index (κ3) is 2.33. The van der Waals surface area contributed by atoms with E-state index in [1.807, 2.05) is 29.4 Å². The van der Waals surface area contributed by atoms with Crippen molar-refractivity contribution in [2.75, 3.05) is 13.1 Å². The molecule has 20 heavy (non-hydrogen) atoms. The minimum absolute atomic E-state index is 0.0290. The zero-order chi connectivity index (χ0) is 13.9. The highest BCUT2D eigenvalue weighted by molar-refractivity contribution is 5.87. The lowest BCUT2D eigenvalue weighted by molar-refractivity contribution is -0.126. The second kappa shape index (κ2) is 5.49. The molecule has 0 saturated carbocycles. The molecule has 1 saturated heterocycles. The Bertz CT molecular complexity index is 631. The number of amides is 1. The summed E-state index contributed by atoms with van der Waals surface area (Å²) < 4.78 is 2.21. The van der Waals surface area contributed by atoms with Gasteiger partial charge in [-0.2, -0.15) is 0 Å². The number of fused-ring (bicyclic) bond motifs is 1. The number of hydrogen-bond donors (Lipinski definition) is 0. The van der Waals surface area contributed by atoms with Crippen molar-refractivity contribution in [1.82, 2.24) is 14.5 Å². The van der Waals surface area contributed by atoms with E-state index < -0.39 is 0 Å². The van der Waals surface area contributed by atoms with E-state index in [9.17, 15) is 4.79 Å². The highest BCUT2D eigenvalue weighted by atomic mass is 16.2. The van der Waals surface area contributed by atoms with Crippen LogP contribution in [0.4, 0.5) is 0 Å². The molecule has 0 radical (unpaired) electrons. The molecule has 0 spiro atoms. The molecule has 1 aliphatic heterocycles. The van der Waals surface area contributed by atoms with Crippen molar-refractivity contribution in [3.63, 3.8) is 0 Å². The van der Waals surface area contributed by atoms with Gasteiger partial charge < -0.3 is 9.47 Å². The molecule has 3 rings (SSSR count). The molecule has 1 aromatic carbocycles. The van der Waals surface area contributed by atoms with Crippen LogP contribution < -0.4 is 0 Å². The highest BCUT2D eigenvalue weighted by Crippen LogP contribution is 2.25. The number of likely N-dealkylation sites (tertiary alicyclic amines) is 1. The van der Waals surface area contributed by atoms with Gasteiger partial charge in [-0.1, -0.05) is 18.7 Å². The summed E-state index contributed by atoms with van der Waals surface area (Å²) in [6, 6.07) is 8.44. The SMILES string of the molecule is C=CC(=O)N1CCCC[C@@H](n2cnc3ccccc32)C1. The number of para-hydroxylation sites is 2. The number of hydrogen-bond acceptors (Lipinski definition) is 2. The zero-order valence-corrected chi connectivity index (χ0v) is 11.5. The molecule has 0 unspecified atom stereocenters. The van der Waals surface area contributed by atoms with Crippen LogP contribution in [0.1, 0.15) is 25.3 Å². The van der Waals surface area contributed by atoms with E-state index in [1.54, 1.807) is 0 Å². The van der Waals surface area contributed by atoms with E-state index in [0.29, 0.717) is 6.04 Å². The summed E-state index contributed by atoms with van der Waals surface area (Å²) in [7, 11) is 0. The quantitative estimate of drug-likeness (QED) is 0.786. The van der Waals surface area contributed by atoms with Gasteiger partial charge in [0.2, 0.25) is 5.91 Å². The molecular formula is C16H19N3O. The molecular weight excluding hydrogens is 250 g/mol. The van der Waals surface area contributed by atoms with Gasteiger partial charge in [-0.25, -0.2) is 4.98 Å². The summed E-state index contributed by atoms with van der Waals surface area (Å²) >= 11 is 0. The Labute approximate surface area is 118 Å². The second-order valence-corrected chi connectivity index (χ2v) is 5.28. The van der Waals surface area contributed by atoms with Crippen molar-refractivity contribution in [2.45, 2.75) is 25.3 Å². The Kier molecular flexibility index (Phi) is 3.54. The van der Waals surface area contributed by atoms with Crippen LogP contribution in [0, 0.1) is 0 Å². The Balaban J connectivity index is 1.91. The lowest BCUT2D eigenvalue weighted by Gasteiger charge is -2.24. The van der Waals surface area contributed by atoms with Gasteiger partial charge in [0.1, 0.15) is 0 Å². The first-order valence-electron chi connectivity index (χ1n) is 7.12. The normalized spacial score (nSPS) is 19.8. The Hall–Kier alpha value is -2.10. The zero-order valence-electron chi connectivity index (χ0n) is 11.5. The molecule has 1 amide bonds. The molecule has 2 heterocycles. The van der Waals surface area contributed by atoms with Crippen LogP contribution in [-0.4, -0.2) is 33.4 Å². The van der Waals surface area contributed by atoms with E-state index >= 15 is 0 Å². The third-order valence-corrected chi connectivity index (χ3v) is 4.01. The molecule has 0 aliphatic carbocycles. The van der Waals surface area contributed by atoms with E-state index in [1.165, 1.54) is 6.08 Å². The van der Waals surface area contributed by atoms with Crippen molar-refractivity contribution < 1.29 is 4.79 Å². The van der Waals surface area contributed by atoms with Gasteiger partial charge in [-0.3, -0.25) is 4.79 Å². The monoisotopic (exact) mass is 269 g/mol. The third-order valence-electron chi connectivity index (χ3n) is 4.01.